The van der Waals surface area contributed by atoms with E-state index in [1.54, 1.807) is 0 Å². The summed E-state index contributed by atoms with van der Waals surface area (Å²) in [5.74, 6) is 0.844. The van der Waals surface area contributed by atoms with Crippen LogP contribution < -0.4 is 5.73 Å². The Bertz CT molecular complexity index is 107. The van der Waals surface area contributed by atoms with Gasteiger partial charge in [-0.15, -0.1) is 0 Å². The number of aliphatic imine (C=N–C) groups is 1. The van der Waals surface area contributed by atoms with Crippen molar-refractivity contribution in [1.82, 2.24) is 0 Å². The molecule has 0 radical (unpaired) electrons. The van der Waals surface area contributed by atoms with Gasteiger partial charge in [0.15, 0.2) is 0 Å². The first kappa shape index (κ1) is 5.60. The number of amidine groups is 1. The number of rotatable bonds is 1. The largest absolute Gasteiger partial charge is 0.387 e. The molecule has 0 aromatic rings. The molecule has 0 saturated carbocycles. The topological polar surface area (TPSA) is 38.4 Å². The third kappa shape index (κ3) is 0.997. The van der Waals surface area contributed by atoms with E-state index in [1.807, 2.05) is 0 Å². The molecule has 0 saturated heterocycles. The second kappa shape index (κ2) is 2.16. The Morgan fingerprint density at radius 1 is 1.88 bits per heavy atom. The van der Waals surface area contributed by atoms with Crippen LogP contribution in [0.4, 0.5) is 0 Å². The third-order valence-electron chi connectivity index (χ3n) is 1.55. The average Bonchev–Trinajstić information content (AvgIpc) is 2.14. The summed E-state index contributed by atoms with van der Waals surface area (Å²) in [4.78, 5) is 4.20. The molecule has 0 aliphatic carbocycles. The lowest BCUT2D eigenvalue weighted by atomic mass is 10.2. The number of hydrogen-bond donors (Lipinski definition) is 1. The highest BCUT2D eigenvalue weighted by Crippen LogP contribution is 2.12. The van der Waals surface area contributed by atoms with Gasteiger partial charge in [-0.3, -0.25) is 4.99 Å². The molecule has 1 aliphatic rings. The van der Waals surface area contributed by atoms with E-state index in [4.69, 9.17) is 5.73 Å². The van der Waals surface area contributed by atoms with Crippen LogP contribution in [0.3, 0.4) is 0 Å². The summed E-state index contributed by atoms with van der Waals surface area (Å²) < 4.78 is 0. The Labute approximate surface area is 49.8 Å². The second-order valence-electron chi connectivity index (χ2n) is 2.22. The van der Waals surface area contributed by atoms with Crippen LogP contribution in [0.5, 0.6) is 0 Å². The Morgan fingerprint density at radius 2 is 2.62 bits per heavy atom. The number of hydrogen-bond acceptors (Lipinski definition) is 2. The maximum Gasteiger partial charge on any atom is 0.0941 e. The fourth-order valence-corrected chi connectivity index (χ4v) is 0.974. The van der Waals surface area contributed by atoms with E-state index >= 15 is 0 Å². The van der Waals surface area contributed by atoms with Crippen LogP contribution in [0.1, 0.15) is 26.2 Å². The van der Waals surface area contributed by atoms with E-state index in [0.29, 0.717) is 6.04 Å². The molecule has 2 nitrogen and oxygen atoms in total. The second-order valence-corrected chi connectivity index (χ2v) is 2.22. The smallest absolute Gasteiger partial charge is 0.0941 e. The van der Waals surface area contributed by atoms with Crippen LogP contribution in [0, 0.1) is 0 Å². The van der Waals surface area contributed by atoms with Gasteiger partial charge in [0.1, 0.15) is 0 Å². The molecular formula is C6H12N2. The molecule has 8 heavy (non-hydrogen) atoms. The van der Waals surface area contributed by atoms with Crippen molar-refractivity contribution in [2.75, 3.05) is 0 Å². The molecule has 46 valence electrons. The van der Waals surface area contributed by atoms with Gasteiger partial charge in [0.25, 0.3) is 0 Å². The van der Waals surface area contributed by atoms with Crippen LogP contribution in [0.2, 0.25) is 0 Å². The first-order chi connectivity index (χ1) is 3.83. The summed E-state index contributed by atoms with van der Waals surface area (Å²) >= 11 is 0. The highest BCUT2D eigenvalue weighted by molar-refractivity contribution is 5.81. The van der Waals surface area contributed by atoms with Crippen molar-refractivity contribution < 1.29 is 0 Å². The number of nitrogens with two attached hydrogens (primary N) is 1. The van der Waals surface area contributed by atoms with Crippen molar-refractivity contribution in [1.29, 1.82) is 0 Å². The van der Waals surface area contributed by atoms with Crippen LogP contribution in [-0.4, -0.2) is 11.9 Å². The molecule has 0 spiro atoms. The molecule has 2 N–H and O–H groups in total. The first-order valence-electron chi connectivity index (χ1n) is 3.15. The fourth-order valence-electron chi connectivity index (χ4n) is 0.974. The van der Waals surface area contributed by atoms with Crippen molar-refractivity contribution in [3.05, 3.63) is 0 Å². The zero-order valence-corrected chi connectivity index (χ0v) is 5.22. The standard InChI is InChI=1S/C6H12N2/c1-2-5-3-4-6(7)8-5/h5H,2-4H2,1H3,(H2,7,8). The monoisotopic (exact) mass is 112 g/mol. The van der Waals surface area contributed by atoms with E-state index < -0.39 is 0 Å². The van der Waals surface area contributed by atoms with E-state index in [0.717, 1.165) is 18.7 Å². The predicted molar refractivity (Wildman–Crippen MR) is 34.9 cm³/mol. The number of nitrogens with zero attached hydrogens (tertiary/aromatic N) is 1. The van der Waals surface area contributed by atoms with Crippen LogP contribution in [0.25, 0.3) is 0 Å². The maximum absolute atomic E-state index is 5.45. The van der Waals surface area contributed by atoms with Crippen molar-refractivity contribution in [2.45, 2.75) is 32.2 Å². The van der Waals surface area contributed by atoms with Gasteiger partial charge < -0.3 is 5.73 Å². The van der Waals surface area contributed by atoms with Crippen molar-refractivity contribution >= 4 is 5.84 Å². The van der Waals surface area contributed by atoms with E-state index in [1.165, 1.54) is 6.42 Å². The predicted octanol–water partition coefficient (Wildman–Crippen LogP) is 0.916. The van der Waals surface area contributed by atoms with Gasteiger partial charge in [-0.2, -0.15) is 0 Å². The third-order valence-corrected chi connectivity index (χ3v) is 1.55. The van der Waals surface area contributed by atoms with Crippen molar-refractivity contribution in [2.24, 2.45) is 10.7 Å². The summed E-state index contributed by atoms with van der Waals surface area (Å²) in [7, 11) is 0. The summed E-state index contributed by atoms with van der Waals surface area (Å²) in [5.41, 5.74) is 5.45. The van der Waals surface area contributed by atoms with Crippen molar-refractivity contribution in [3.63, 3.8) is 0 Å². The minimum Gasteiger partial charge on any atom is -0.387 e. The quantitative estimate of drug-likeness (QED) is 0.538. The minimum absolute atomic E-state index is 0.537. The first-order valence-corrected chi connectivity index (χ1v) is 3.15. The molecule has 1 aliphatic heterocycles. The van der Waals surface area contributed by atoms with Crippen LogP contribution in [0.15, 0.2) is 4.99 Å². The minimum atomic E-state index is 0.537. The molecule has 0 fully saturated rings. The van der Waals surface area contributed by atoms with Gasteiger partial charge in [0.05, 0.1) is 11.9 Å². The zero-order chi connectivity index (χ0) is 5.98. The van der Waals surface area contributed by atoms with E-state index in [2.05, 4.69) is 11.9 Å². The van der Waals surface area contributed by atoms with E-state index in [-0.39, 0.29) is 0 Å². The lowest BCUT2D eigenvalue weighted by Gasteiger charge is -1.96. The van der Waals surface area contributed by atoms with E-state index in [9.17, 15) is 0 Å². The molecular weight excluding hydrogens is 100 g/mol. The van der Waals surface area contributed by atoms with Gasteiger partial charge in [-0.25, -0.2) is 0 Å². The van der Waals surface area contributed by atoms with Gasteiger partial charge in [-0.05, 0) is 12.8 Å². The SMILES string of the molecule is CCC1CCC(N)=N1. The Hall–Kier alpha value is -0.530. The molecule has 1 heterocycles. The Kier molecular flexibility index (Phi) is 1.51. The zero-order valence-electron chi connectivity index (χ0n) is 5.22. The molecule has 0 aromatic heterocycles. The Balaban J connectivity index is 2.41. The Morgan fingerprint density at radius 3 is 2.88 bits per heavy atom. The molecule has 1 atom stereocenters. The van der Waals surface area contributed by atoms with Gasteiger partial charge in [0, 0.05) is 6.42 Å². The van der Waals surface area contributed by atoms with Gasteiger partial charge in [0.2, 0.25) is 0 Å². The molecule has 2 heteroatoms. The normalized spacial score (nSPS) is 28.1. The lowest BCUT2D eigenvalue weighted by molar-refractivity contribution is 0.649. The fraction of sp³-hybridized carbons (Fsp3) is 0.833. The average molecular weight is 112 g/mol. The highest BCUT2D eigenvalue weighted by atomic mass is 14.9. The highest BCUT2D eigenvalue weighted by Gasteiger charge is 2.11. The summed E-state index contributed by atoms with van der Waals surface area (Å²) in [6.07, 6.45) is 3.32. The van der Waals surface area contributed by atoms with Crippen molar-refractivity contribution in [3.8, 4) is 0 Å². The van der Waals surface area contributed by atoms with Crippen LogP contribution >= 0.6 is 0 Å². The summed E-state index contributed by atoms with van der Waals surface area (Å²) in [5, 5.41) is 0. The maximum atomic E-state index is 5.45. The summed E-state index contributed by atoms with van der Waals surface area (Å²) in [6, 6.07) is 0.537. The lowest BCUT2D eigenvalue weighted by Crippen LogP contribution is -2.05. The molecule has 0 bridgehead atoms. The molecule has 1 rings (SSSR count). The molecule has 0 amide bonds. The molecule has 0 aromatic carbocycles. The van der Waals surface area contributed by atoms with Gasteiger partial charge in [-0.1, -0.05) is 6.92 Å². The molecule has 1 unspecified atom stereocenters. The van der Waals surface area contributed by atoms with Gasteiger partial charge >= 0.3 is 0 Å². The van der Waals surface area contributed by atoms with Crippen LogP contribution in [-0.2, 0) is 0 Å². The summed E-state index contributed by atoms with van der Waals surface area (Å²) in [6.45, 7) is 2.15.